The number of benzene rings is 9. The fourth-order valence-corrected chi connectivity index (χ4v) is 13.1. The SMILES string of the molecule is CC1C(c2cccc(N(c3cccc(-c4ccccc4)c3)c3cc4c5c(c6oc7ccc(N(c8cccc(-c9ccccc9)c8)c8cccc([Si](C)(C)C)c8)cc7c6cc5c3)C(C)(C)CC4)c2)C1(C)C. The van der Waals surface area contributed by atoms with Crippen LogP contribution in [-0.2, 0) is 11.8 Å². The average Bonchev–Trinajstić information content (AvgIpc) is 3.66. The molecule has 1 heterocycles. The predicted octanol–water partition coefficient (Wildman–Crippen LogP) is 18.5. The van der Waals surface area contributed by atoms with Crippen molar-refractivity contribution in [3.63, 3.8) is 0 Å². The van der Waals surface area contributed by atoms with Gasteiger partial charge in [-0.2, -0.15) is 0 Å². The summed E-state index contributed by atoms with van der Waals surface area (Å²) >= 11 is 0. The second-order valence-electron chi connectivity index (χ2n) is 22.5. The molecule has 2 aliphatic carbocycles. The van der Waals surface area contributed by atoms with Crippen LogP contribution in [0.4, 0.5) is 34.1 Å². The van der Waals surface area contributed by atoms with Crippen molar-refractivity contribution in [1.82, 2.24) is 0 Å². The maximum atomic E-state index is 7.11. The highest BCUT2D eigenvalue weighted by molar-refractivity contribution is 6.88. The van der Waals surface area contributed by atoms with Crippen molar-refractivity contribution < 1.29 is 4.42 Å². The Morgan fingerprint density at radius 1 is 0.500 bits per heavy atom. The molecular weight excluding hydrogens is 865 g/mol. The molecule has 12 rings (SSSR count). The van der Waals surface area contributed by atoms with Gasteiger partial charge in [-0.15, -0.1) is 0 Å². The third kappa shape index (κ3) is 7.56. The molecule has 1 saturated carbocycles. The fourth-order valence-electron chi connectivity index (χ4n) is 11.9. The van der Waals surface area contributed by atoms with E-state index in [2.05, 4.69) is 258 Å². The van der Waals surface area contributed by atoms with Gasteiger partial charge in [0.25, 0.3) is 0 Å². The molecule has 10 aromatic rings. The highest BCUT2D eigenvalue weighted by atomic mass is 28.3. The van der Waals surface area contributed by atoms with Gasteiger partial charge < -0.3 is 14.2 Å². The zero-order valence-corrected chi connectivity index (χ0v) is 42.8. The van der Waals surface area contributed by atoms with E-state index in [1.165, 1.54) is 66.3 Å². The van der Waals surface area contributed by atoms with E-state index in [4.69, 9.17) is 4.42 Å². The summed E-state index contributed by atoms with van der Waals surface area (Å²) in [7, 11) is -1.63. The van der Waals surface area contributed by atoms with Crippen molar-refractivity contribution in [2.75, 3.05) is 9.80 Å². The van der Waals surface area contributed by atoms with E-state index in [9.17, 15) is 0 Å². The normalized spacial score (nSPS) is 17.0. The zero-order valence-electron chi connectivity index (χ0n) is 41.8. The molecule has 0 aliphatic heterocycles. The summed E-state index contributed by atoms with van der Waals surface area (Å²) in [6.45, 7) is 19.4. The van der Waals surface area contributed by atoms with Crippen molar-refractivity contribution in [3.05, 3.63) is 211 Å². The van der Waals surface area contributed by atoms with Gasteiger partial charge in [0, 0.05) is 50.5 Å². The van der Waals surface area contributed by atoms with Crippen LogP contribution in [0.15, 0.2) is 199 Å². The van der Waals surface area contributed by atoms with Gasteiger partial charge in [-0.05, 0) is 165 Å². The molecule has 0 radical (unpaired) electrons. The van der Waals surface area contributed by atoms with Crippen LogP contribution in [0.25, 0.3) is 55.0 Å². The number of nitrogens with zero attached hydrogens (tertiary/aromatic N) is 2. The quantitative estimate of drug-likeness (QED) is 0.127. The molecule has 1 fully saturated rings. The first-order valence-corrected chi connectivity index (χ1v) is 28.8. The lowest BCUT2D eigenvalue weighted by atomic mass is 9.71. The van der Waals surface area contributed by atoms with Crippen LogP contribution in [-0.4, -0.2) is 8.07 Å². The van der Waals surface area contributed by atoms with E-state index in [1.807, 2.05) is 0 Å². The van der Waals surface area contributed by atoms with Crippen LogP contribution in [0.2, 0.25) is 19.6 Å². The standard InChI is InChI=1S/C66H62N2OSi/c1-43-62(66(43,4)5)49-25-17-28-53(38-49)68(52-27-16-24-47(36-52)45-21-13-10-14-22-45)56-37-48-33-34-65(2,3)63-61(48)50(39-56)40-59-58-42-55(31-32-60(58)69-64(59)63)67(54-29-18-30-57(41-54)70(6,7)8)51-26-15-23-46(35-51)44-19-11-9-12-20-44/h9-32,35-43,62H,33-34H2,1-8H3. The first-order valence-electron chi connectivity index (χ1n) is 25.3. The molecule has 4 heteroatoms. The molecule has 2 unspecified atom stereocenters. The lowest BCUT2D eigenvalue weighted by Gasteiger charge is -2.34. The smallest absolute Gasteiger partial charge is 0.139 e. The molecule has 3 nitrogen and oxygen atoms in total. The van der Waals surface area contributed by atoms with E-state index >= 15 is 0 Å². The Labute approximate surface area is 415 Å². The lowest BCUT2D eigenvalue weighted by molar-refractivity contribution is 0.471. The van der Waals surface area contributed by atoms with Gasteiger partial charge in [0.2, 0.25) is 0 Å². The monoisotopic (exact) mass is 926 g/mol. The van der Waals surface area contributed by atoms with Crippen LogP contribution in [0.5, 0.6) is 0 Å². The van der Waals surface area contributed by atoms with Crippen molar-refractivity contribution in [2.24, 2.45) is 11.3 Å². The summed E-state index contributed by atoms with van der Waals surface area (Å²) in [5.74, 6) is 1.17. The summed E-state index contributed by atoms with van der Waals surface area (Å²) < 4.78 is 7.11. The topological polar surface area (TPSA) is 19.6 Å². The molecular formula is C66H62N2OSi. The first kappa shape index (κ1) is 44.1. The summed E-state index contributed by atoms with van der Waals surface area (Å²) in [5.41, 5.74) is 18.0. The number of hydrogen-bond acceptors (Lipinski definition) is 3. The Morgan fingerprint density at radius 2 is 1.04 bits per heavy atom. The Hall–Kier alpha value is -7.14. The number of furan rings is 1. The van der Waals surface area contributed by atoms with Gasteiger partial charge in [-0.1, -0.05) is 169 Å². The Kier molecular flexibility index (Phi) is 10.4. The van der Waals surface area contributed by atoms with Crippen LogP contribution >= 0.6 is 0 Å². The number of fused-ring (bicyclic) bond motifs is 4. The van der Waals surface area contributed by atoms with Gasteiger partial charge in [0.05, 0.1) is 8.07 Å². The minimum absolute atomic E-state index is 0.0873. The van der Waals surface area contributed by atoms with Crippen LogP contribution in [0.3, 0.4) is 0 Å². The third-order valence-electron chi connectivity index (χ3n) is 16.2. The molecule has 1 aromatic heterocycles. The minimum atomic E-state index is -1.63. The number of aryl methyl sites for hydroxylation is 1. The van der Waals surface area contributed by atoms with Crippen LogP contribution in [0.1, 0.15) is 63.6 Å². The van der Waals surface area contributed by atoms with E-state index in [1.54, 1.807) is 0 Å². The molecule has 0 amide bonds. The van der Waals surface area contributed by atoms with E-state index < -0.39 is 8.07 Å². The van der Waals surface area contributed by atoms with E-state index in [0.717, 1.165) is 57.5 Å². The van der Waals surface area contributed by atoms with Gasteiger partial charge in [-0.25, -0.2) is 0 Å². The van der Waals surface area contributed by atoms with Crippen LogP contribution in [0, 0.1) is 11.3 Å². The molecule has 2 aliphatic rings. The summed E-state index contributed by atoms with van der Waals surface area (Å²) in [5, 5.41) is 6.32. The summed E-state index contributed by atoms with van der Waals surface area (Å²) in [6, 6.07) is 72.4. The highest BCUT2D eigenvalue weighted by Gasteiger charge is 2.55. The number of hydrogen-bond donors (Lipinski definition) is 0. The molecule has 0 N–H and O–H groups in total. The van der Waals surface area contributed by atoms with Crippen molar-refractivity contribution in [1.29, 1.82) is 0 Å². The number of anilines is 6. The maximum absolute atomic E-state index is 7.11. The van der Waals surface area contributed by atoms with Gasteiger partial charge in [0.1, 0.15) is 11.2 Å². The first-order chi connectivity index (χ1) is 33.7. The Morgan fingerprint density at radius 3 is 1.66 bits per heavy atom. The molecule has 0 saturated heterocycles. The minimum Gasteiger partial charge on any atom is -0.456 e. The molecule has 9 aromatic carbocycles. The second kappa shape index (κ2) is 16.5. The highest BCUT2D eigenvalue weighted by Crippen LogP contribution is 2.64. The summed E-state index contributed by atoms with van der Waals surface area (Å²) in [6.07, 6.45) is 2.03. The molecule has 0 spiro atoms. The second-order valence-corrected chi connectivity index (χ2v) is 27.6. The Bertz CT molecular complexity index is 3630. The predicted molar refractivity (Wildman–Crippen MR) is 301 cm³/mol. The largest absolute Gasteiger partial charge is 0.456 e. The lowest BCUT2D eigenvalue weighted by Crippen LogP contribution is -2.37. The Balaban J connectivity index is 1.07. The third-order valence-corrected chi connectivity index (χ3v) is 18.2. The number of rotatable bonds is 10. The van der Waals surface area contributed by atoms with Gasteiger partial charge in [-0.3, -0.25) is 0 Å². The van der Waals surface area contributed by atoms with E-state index in [-0.39, 0.29) is 10.8 Å². The van der Waals surface area contributed by atoms with Gasteiger partial charge >= 0.3 is 0 Å². The molecule has 2 atom stereocenters. The van der Waals surface area contributed by atoms with Crippen molar-refractivity contribution in [3.8, 4) is 22.3 Å². The molecule has 70 heavy (non-hydrogen) atoms. The maximum Gasteiger partial charge on any atom is 0.139 e. The van der Waals surface area contributed by atoms with Crippen molar-refractivity contribution >= 4 is 80.1 Å². The van der Waals surface area contributed by atoms with Crippen molar-refractivity contribution in [2.45, 2.75) is 78.4 Å². The van der Waals surface area contributed by atoms with Crippen LogP contribution < -0.4 is 15.0 Å². The van der Waals surface area contributed by atoms with E-state index in [0.29, 0.717) is 11.8 Å². The average molecular weight is 927 g/mol. The zero-order chi connectivity index (χ0) is 48.1. The fraction of sp³-hybridized carbons (Fsp3) is 0.212. The molecule has 0 bridgehead atoms. The summed E-state index contributed by atoms with van der Waals surface area (Å²) in [4.78, 5) is 4.95. The molecule has 346 valence electrons. The van der Waals surface area contributed by atoms with Gasteiger partial charge in [0.15, 0.2) is 0 Å².